The van der Waals surface area contributed by atoms with E-state index in [1.165, 1.54) is 35.7 Å². The Morgan fingerprint density at radius 1 is 1.00 bits per heavy atom. The first-order chi connectivity index (χ1) is 15.8. The second-order valence-corrected chi connectivity index (χ2v) is 11.9. The summed E-state index contributed by atoms with van der Waals surface area (Å²) in [6.45, 7) is 5.53. The van der Waals surface area contributed by atoms with Gasteiger partial charge in [0.1, 0.15) is 5.82 Å². The van der Waals surface area contributed by atoms with Gasteiger partial charge in [0.2, 0.25) is 15.9 Å². The summed E-state index contributed by atoms with van der Waals surface area (Å²) < 4.78 is 40.3. The largest absolute Gasteiger partial charge is 0.354 e. The molecular formula is C24H37FN4O3S. The van der Waals surface area contributed by atoms with E-state index in [9.17, 15) is 17.6 Å². The zero-order chi connectivity index (χ0) is 23.5. The normalized spacial score (nSPS) is 23.9. The monoisotopic (exact) mass is 480 g/mol. The Hall–Kier alpha value is -1.55. The number of hydrogen-bond acceptors (Lipinski definition) is 5. The number of halogens is 1. The van der Waals surface area contributed by atoms with Crippen LogP contribution in [0.25, 0.3) is 0 Å². The van der Waals surface area contributed by atoms with E-state index in [1.54, 1.807) is 0 Å². The van der Waals surface area contributed by atoms with E-state index >= 15 is 0 Å². The summed E-state index contributed by atoms with van der Waals surface area (Å²) in [5.41, 5.74) is 0.0573. The van der Waals surface area contributed by atoms with E-state index in [1.807, 2.05) is 0 Å². The highest BCUT2D eigenvalue weighted by Gasteiger charge is 2.40. The fourth-order valence-electron chi connectivity index (χ4n) is 5.61. The number of carbonyl (C=O) groups is 1. The van der Waals surface area contributed by atoms with Crippen molar-refractivity contribution in [3.8, 4) is 0 Å². The highest BCUT2D eigenvalue weighted by Crippen LogP contribution is 2.34. The van der Waals surface area contributed by atoms with Gasteiger partial charge in [-0.1, -0.05) is 19.3 Å². The summed E-state index contributed by atoms with van der Waals surface area (Å²) in [6, 6.07) is 4.92. The molecule has 33 heavy (non-hydrogen) atoms. The van der Waals surface area contributed by atoms with Crippen LogP contribution in [0.1, 0.15) is 44.9 Å². The van der Waals surface area contributed by atoms with Gasteiger partial charge in [0.15, 0.2) is 0 Å². The first-order valence-corrected chi connectivity index (χ1v) is 13.7. The summed E-state index contributed by atoms with van der Waals surface area (Å²) in [7, 11) is -1.50. The van der Waals surface area contributed by atoms with E-state index in [0.29, 0.717) is 32.5 Å². The van der Waals surface area contributed by atoms with Crippen LogP contribution in [-0.4, -0.2) is 86.8 Å². The molecule has 2 aliphatic heterocycles. The summed E-state index contributed by atoms with van der Waals surface area (Å²) in [4.78, 5) is 18.1. The Morgan fingerprint density at radius 3 is 2.21 bits per heavy atom. The third kappa shape index (κ3) is 5.58. The van der Waals surface area contributed by atoms with Crippen molar-refractivity contribution in [1.29, 1.82) is 0 Å². The first kappa shape index (κ1) is 24.6. The van der Waals surface area contributed by atoms with E-state index in [2.05, 4.69) is 22.2 Å². The molecule has 184 valence electrons. The van der Waals surface area contributed by atoms with Gasteiger partial charge in [-0.15, -0.1) is 0 Å². The highest BCUT2D eigenvalue weighted by molar-refractivity contribution is 7.89. The molecule has 3 fully saturated rings. The third-order valence-electron chi connectivity index (χ3n) is 7.83. The molecule has 0 unspecified atom stereocenters. The van der Waals surface area contributed by atoms with E-state index in [-0.39, 0.29) is 22.3 Å². The lowest BCUT2D eigenvalue weighted by molar-refractivity contribution is -0.127. The summed E-state index contributed by atoms with van der Waals surface area (Å²) >= 11 is 0. The lowest BCUT2D eigenvalue weighted by Crippen LogP contribution is -2.61. The standard InChI is InChI=1S/C24H37FN4O3S/c1-27-15-17-28(18-16-27)24(11-3-2-4-12-24)19-26-23(30)20-9-13-29(14-10-20)33(31,32)22-7-5-21(25)6-8-22/h5-8,20H,2-4,9-19H2,1H3,(H,26,30). The maximum Gasteiger partial charge on any atom is 0.243 e. The predicted octanol–water partition coefficient (Wildman–Crippen LogP) is 2.29. The van der Waals surface area contributed by atoms with Crippen LogP contribution >= 0.6 is 0 Å². The van der Waals surface area contributed by atoms with Crippen LogP contribution in [0.3, 0.4) is 0 Å². The Morgan fingerprint density at radius 2 is 1.61 bits per heavy atom. The Bertz CT molecular complexity index is 902. The number of piperazine rings is 1. The van der Waals surface area contributed by atoms with Gasteiger partial charge >= 0.3 is 0 Å². The molecule has 0 radical (unpaired) electrons. The van der Waals surface area contributed by atoms with Gasteiger partial charge in [0.25, 0.3) is 0 Å². The molecule has 0 atom stereocenters. The zero-order valence-corrected chi connectivity index (χ0v) is 20.5. The molecule has 1 saturated carbocycles. The lowest BCUT2D eigenvalue weighted by Gasteiger charge is -2.49. The van der Waals surface area contributed by atoms with Gasteiger partial charge in [-0.3, -0.25) is 9.69 Å². The summed E-state index contributed by atoms with van der Waals surface area (Å²) in [5, 5.41) is 3.26. The second-order valence-electron chi connectivity index (χ2n) is 9.93. The number of nitrogens with one attached hydrogen (secondary N) is 1. The van der Waals surface area contributed by atoms with Crippen LogP contribution in [0.15, 0.2) is 29.2 Å². The minimum atomic E-state index is -3.66. The highest BCUT2D eigenvalue weighted by atomic mass is 32.2. The number of sulfonamides is 1. The van der Waals surface area contributed by atoms with E-state index < -0.39 is 15.8 Å². The molecule has 0 bridgehead atoms. The average molecular weight is 481 g/mol. The minimum absolute atomic E-state index is 0.0490. The zero-order valence-electron chi connectivity index (χ0n) is 19.6. The van der Waals surface area contributed by atoms with Gasteiger partial charge in [0.05, 0.1) is 4.90 Å². The fourth-order valence-corrected chi connectivity index (χ4v) is 7.08. The van der Waals surface area contributed by atoms with Crippen LogP contribution < -0.4 is 5.32 Å². The van der Waals surface area contributed by atoms with Crippen molar-refractivity contribution in [2.24, 2.45) is 5.92 Å². The Balaban J connectivity index is 1.32. The molecule has 1 aromatic rings. The number of hydrogen-bond donors (Lipinski definition) is 1. The SMILES string of the molecule is CN1CCN(C2(CNC(=O)C3CCN(S(=O)(=O)c4ccc(F)cc4)CC3)CCCCC2)CC1. The molecule has 1 amide bonds. The number of nitrogens with zero attached hydrogens (tertiary/aromatic N) is 3. The molecule has 2 saturated heterocycles. The smallest absolute Gasteiger partial charge is 0.243 e. The fraction of sp³-hybridized carbons (Fsp3) is 0.708. The van der Waals surface area contributed by atoms with Gasteiger partial charge in [0, 0.05) is 57.3 Å². The topological polar surface area (TPSA) is 73.0 Å². The predicted molar refractivity (Wildman–Crippen MR) is 126 cm³/mol. The number of likely N-dealkylation sites (N-methyl/N-ethyl adjacent to an activating group) is 1. The maximum atomic E-state index is 13.2. The summed E-state index contributed by atoms with van der Waals surface area (Å²) in [5.74, 6) is -0.581. The summed E-state index contributed by atoms with van der Waals surface area (Å²) in [6.07, 6.45) is 6.96. The van der Waals surface area contributed by atoms with Crippen molar-refractivity contribution in [1.82, 2.24) is 19.4 Å². The molecular weight excluding hydrogens is 443 g/mol. The second kappa shape index (κ2) is 10.4. The number of piperidine rings is 1. The molecule has 1 aromatic carbocycles. The van der Waals surface area contributed by atoms with Crippen LogP contribution in [0, 0.1) is 11.7 Å². The van der Waals surface area contributed by atoms with Gasteiger partial charge in [-0.25, -0.2) is 12.8 Å². The van der Waals surface area contributed by atoms with Crippen molar-refractivity contribution in [2.75, 3.05) is 52.9 Å². The molecule has 9 heteroatoms. The maximum absolute atomic E-state index is 13.2. The molecule has 7 nitrogen and oxygen atoms in total. The van der Waals surface area contributed by atoms with Crippen molar-refractivity contribution >= 4 is 15.9 Å². The Labute approximate surface area is 197 Å². The molecule has 2 heterocycles. The quantitative estimate of drug-likeness (QED) is 0.677. The van der Waals surface area contributed by atoms with Crippen LogP contribution in [0.5, 0.6) is 0 Å². The first-order valence-electron chi connectivity index (χ1n) is 12.3. The number of carbonyl (C=O) groups excluding carboxylic acids is 1. The van der Waals surface area contributed by atoms with E-state index in [4.69, 9.17) is 0 Å². The van der Waals surface area contributed by atoms with Crippen molar-refractivity contribution in [2.45, 2.75) is 55.4 Å². The molecule has 0 spiro atoms. The van der Waals surface area contributed by atoms with Gasteiger partial charge in [-0.05, 0) is 57.0 Å². The lowest BCUT2D eigenvalue weighted by atomic mass is 9.79. The number of benzene rings is 1. The molecule has 1 aliphatic carbocycles. The molecule has 1 N–H and O–H groups in total. The number of amides is 1. The minimum Gasteiger partial charge on any atom is -0.354 e. The van der Waals surface area contributed by atoms with Crippen LogP contribution in [0.2, 0.25) is 0 Å². The molecule has 4 rings (SSSR count). The average Bonchev–Trinajstić information content (AvgIpc) is 2.84. The van der Waals surface area contributed by atoms with E-state index in [0.717, 1.165) is 51.2 Å². The van der Waals surface area contributed by atoms with Crippen LogP contribution in [-0.2, 0) is 14.8 Å². The van der Waals surface area contributed by atoms with Crippen LogP contribution in [0.4, 0.5) is 4.39 Å². The van der Waals surface area contributed by atoms with Crippen molar-refractivity contribution < 1.29 is 17.6 Å². The molecule has 0 aromatic heterocycles. The van der Waals surface area contributed by atoms with Gasteiger partial charge in [-0.2, -0.15) is 4.31 Å². The number of rotatable bonds is 6. The van der Waals surface area contributed by atoms with Crippen molar-refractivity contribution in [3.63, 3.8) is 0 Å². The molecule has 3 aliphatic rings. The van der Waals surface area contributed by atoms with Gasteiger partial charge < -0.3 is 10.2 Å². The Kier molecular flexibility index (Phi) is 7.73. The third-order valence-corrected chi connectivity index (χ3v) is 9.74. The van der Waals surface area contributed by atoms with Crippen molar-refractivity contribution in [3.05, 3.63) is 30.1 Å².